The molecule has 0 fully saturated rings. The minimum Gasteiger partial charge on any atom is -0.478 e. The second-order valence-corrected chi connectivity index (χ2v) is 5.60. The summed E-state index contributed by atoms with van der Waals surface area (Å²) in [6.07, 6.45) is 6.28. The Morgan fingerprint density at radius 3 is 2.26 bits per heavy atom. The summed E-state index contributed by atoms with van der Waals surface area (Å²) in [5, 5.41) is 8.92. The molecule has 0 aliphatic carbocycles. The normalized spacial score (nSPS) is 10.4. The molecule has 1 aromatic rings. The van der Waals surface area contributed by atoms with Gasteiger partial charge in [-0.1, -0.05) is 44.4 Å². The fourth-order valence-electron chi connectivity index (χ4n) is 1.72. The van der Waals surface area contributed by atoms with Gasteiger partial charge in [-0.05, 0) is 30.7 Å². The zero-order valence-electron chi connectivity index (χ0n) is 11.2. The number of carbonyl (C=O) groups excluding carboxylic acids is 1. The first kappa shape index (κ1) is 15.8. The molecule has 0 heterocycles. The molecule has 0 spiro atoms. The van der Waals surface area contributed by atoms with Crippen LogP contribution < -0.4 is 0 Å². The lowest BCUT2D eigenvalue weighted by atomic mass is 10.1. The van der Waals surface area contributed by atoms with E-state index in [2.05, 4.69) is 6.92 Å². The molecule has 19 heavy (non-hydrogen) atoms. The van der Waals surface area contributed by atoms with Gasteiger partial charge in [0.05, 0.1) is 5.56 Å². The minimum absolute atomic E-state index is 0.152. The summed E-state index contributed by atoms with van der Waals surface area (Å²) in [5.41, 5.74) is 0.247. The Labute approximate surface area is 118 Å². The highest BCUT2D eigenvalue weighted by Crippen LogP contribution is 2.22. The SMILES string of the molecule is CCCCCCCC(=O)Sc1ccc(C(=O)O)cc1. The molecule has 4 heteroatoms. The molecule has 1 rings (SSSR count). The van der Waals surface area contributed by atoms with Gasteiger partial charge in [0.25, 0.3) is 0 Å². The van der Waals surface area contributed by atoms with E-state index < -0.39 is 5.97 Å². The Kier molecular flexibility index (Phi) is 7.26. The third-order valence-corrected chi connectivity index (χ3v) is 3.76. The molecule has 104 valence electrons. The third kappa shape index (κ3) is 6.43. The Balaban J connectivity index is 2.30. The van der Waals surface area contributed by atoms with Gasteiger partial charge in [0.2, 0.25) is 0 Å². The summed E-state index contributed by atoms with van der Waals surface area (Å²) in [6, 6.07) is 6.42. The summed E-state index contributed by atoms with van der Waals surface area (Å²) in [7, 11) is 0. The van der Waals surface area contributed by atoms with Crippen molar-refractivity contribution in [1.82, 2.24) is 0 Å². The Morgan fingerprint density at radius 1 is 1.05 bits per heavy atom. The lowest BCUT2D eigenvalue weighted by molar-refractivity contribution is -0.111. The average molecular weight is 280 g/mol. The quantitative estimate of drug-likeness (QED) is 0.567. The second kappa shape index (κ2) is 8.75. The zero-order chi connectivity index (χ0) is 14.1. The molecule has 0 aliphatic heterocycles. The molecule has 0 aromatic heterocycles. The van der Waals surface area contributed by atoms with E-state index in [1.54, 1.807) is 12.1 Å². The van der Waals surface area contributed by atoms with Crippen LogP contribution in [0.15, 0.2) is 29.2 Å². The maximum Gasteiger partial charge on any atom is 0.335 e. The second-order valence-electron chi connectivity index (χ2n) is 4.47. The zero-order valence-corrected chi connectivity index (χ0v) is 12.0. The van der Waals surface area contributed by atoms with Crippen molar-refractivity contribution in [3.63, 3.8) is 0 Å². The molecule has 0 saturated carbocycles. The van der Waals surface area contributed by atoms with Gasteiger partial charge in [0.1, 0.15) is 0 Å². The molecule has 0 amide bonds. The maximum atomic E-state index is 11.7. The number of hydrogen-bond acceptors (Lipinski definition) is 3. The number of benzene rings is 1. The van der Waals surface area contributed by atoms with Crippen LogP contribution in [0.25, 0.3) is 0 Å². The molecule has 0 saturated heterocycles. The summed E-state index contributed by atoms with van der Waals surface area (Å²) in [5.74, 6) is -0.946. The van der Waals surface area contributed by atoms with E-state index in [-0.39, 0.29) is 10.7 Å². The molecule has 0 unspecified atom stereocenters. The van der Waals surface area contributed by atoms with Crippen molar-refractivity contribution >= 4 is 22.8 Å². The van der Waals surface area contributed by atoms with Gasteiger partial charge in [-0.15, -0.1) is 0 Å². The molecular weight excluding hydrogens is 260 g/mol. The number of carbonyl (C=O) groups is 2. The summed E-state index contributed by atoms with van der Waals surface area (Å²) < 4.78 is 0. The molecule has 1 aromatic carbocycles. The first-order chi connectivity index (χ1) is 9.13. The van der Waals surface area contributed by atoms with Crippen LogP contribution in [0, 0.1) is 0 Å². The lowest BCUT2D eigenvalue weighted by Gasteiger charge is -2.02. The predicted molar refractivity (Wildman–Crippen MR) is 77.6 cm³/mol. The Morgan fingerprint density at radius 2 is 1.68 bits per heavy atom. The van der Waals surface area contributed by atoms with E-state index >= 15 is 0 Å². The fourth-order valence-corrected chi connectivity index (χ4v) is 2.50. The van der Waals surface area contributed by atoms with Gasteiger partial charge in [-0.3, -0.25) is 4.79 Å². The summed E-state index contributed by atoms with van der Waals surface area (Å²) in [6.45, 7) is 2.17. The van der Waals surface area contributed by atoms with Crippen LogP contribution >= 0.6 is 11.8 Å². The van der Waals surface area contributed by atoms with Gasteiger partial charge in [0.15, 0.2) is 5.12 Å². The standard InChI is InChI=1S/C15H20O3S/c1-2-3-4-5-6-7-14(16)19-13-10-8-12(9-11-13)15(17)18/h8-11H,2-7H2,1H3,(H,17,18). The van der Waals surface area contributed by atoms with Crippen molar-refractivity contribution in [3.05, 3.63) is 29.8 Å². The van der Waals surface area contributed by atoms with E-state index in [0.29, 0.717) is 6.42 Å². The Bertz CT molecular complexity index is 412. The monoisotopic (exact) mass is 280 g/mol. The smallest absolute Gasteiger partial charge is 0.335 e. The van der Waals surface area contributed by atoms with Crippen molar-refractivity contribution in [2.45, 2.75) is 50.3 Å². The van der Waals surface area contributed by atoms with E-state index in [0.717, 1.165) is 17.7 Å². The molecule has 1 N–H and O–H groups in total. The van der Waals surface area contributed by atoms with Crippen LogP contribution in [0.2, 0.25) is 0 Å². The minimum atomic E-state index is -0.946. The number of thioether (sulfide) groups is 1. The average Bonchev–Trinajstić information content (AvgIpc) is 2.39. The van der Waals surface area contributed by atoms with Crippen LogP contribution in [0.3, 0.4) is 0 Å². The molecule has 0 radical (unpaired) electrons. The third-order valence-electron chi connectivity index (χ3n) is 2.82. The topological polar surface area (TPSA) is 54.4 Å². The molecule has 3 nitrogen and oxygen atoms in total. The summed E-state index contributed by atoms with van der Waals surface area (Å²) in [4.78, 5) is 23.2. The highest BCUT2D eigenvalue weighted by Gasteiger charge is 2.06. The van der Waals surface area contributed by atoms with Gasteiger partial charge in [-0.2, -0.15) is 0 Å². The highest BCUT2D eigenvalue weighted by molar-refractivity contribution is 8.13. The van der Waals surface area contributed by atoms with Gasteiger partial charge in [-0.25, -0.2) is 4.79 Å². The highest BCUT2D eigenvalue weighted by atomic mass is 32.2. The fraction of sp³-hybridized carbons (Fsp3) is 0.467. The largest absolute Gasteiger partial charge is 0.478 e. The van der Waals surface area contributed by atoms with Crippen LogP contribution in [-0.4, -0.2) is 16.2 Å². The van der Waals surface area contributed by atoms with Crippen molar-refractivity contribution in [2.24, 2.45) is 0 Å². The molecule has 0 bridgehead atoms. The van der Waals surface area contributed by atoms with E-state index in [1.807, 2.05) is 0 Å². The van der Waals surface area contributed by atoms with Crippen LogP contribution in [0.5, 0.6) is 0 Å². The van der Waals surface area contributed by atoms with Crippen LogP contribution in [0.4, 0.5) is 0 Å². The number of carboxylic acid groups (broad SMARTS) is 1. The maximum absolute atomic E-state index is 11.7. The van der Waals surface area contributed by atoms with E-state index in [9.17, 15) is 9.59 Å². The van der Waals surface area contributed by atoms with Crippen molar-refractivity contribution in [2.75, 3.05) is 0 Å². The van der Waals surface area contributed by atoms with Gasteiger partial charge >= 0.3 is 5.97 Å². The van der Waals surface area contributed by atoms with Crippen molar-refractivity contribution < 1.29 is 14.7 Å². The van der Waals surface area contributed by atoms with Crippen LogP contribution in [-0.2, 0) is 4.79 Å². The molecular formula is C15H20O3S. The summed E-state index contributed by atoms with van der Waals surface area (Å²) >= 11 is 1.20. The first-order valence-corrected chi connectivity index (χ1v) is 7.49. The molecule has 0 aliphatic rings. The Hall–Kier alpha value is -1.29. The molecule has 0 atom stereocenters. The number of aromatic carboxylic acids is 1. The van der Waals surface area contributed by atoms with E-state index in [1.165, 1.54) is 43.2 Å². The van der Waals surface area contributed by atoms with Gasteiger partial charge in [0, 0.05) is 11.3 Å². The van der Waals surface area contributed by atoms with Crippen LogP contribution in [0.1, 0.15) is 55.8 Å². The first-order valence-electron chi connectivity index (χ1n) is 6.67. The van der Waals surface area contributed by atoms with E-state index in [4.69, 9.17) is 5.11 Å². The predicted octanol–water partition coefficient (Wildman–Crippen LogP) is 4.36. The van der Waals surface area contributed by atoms with Crippen molar-refractivity contribution in [3.8, 4) is 0 Å². The number of hydrogen-bond donors (Lipinski definition) is 1. The van der Waals surface area contributed by atoms with Crippen molar-refractivity contribution in [1.29, 1.82) is 0 Å². The number of unbranched alkanes of at least 4 members (excludes halogenated alkanes) is 4. The van der Waals surface area contributed by atoms with Gasteiger partial charge < -0.3 is 5.11 Å². The number of carboxylic acids is 1. The number of rotatable bonds is 8. The lowest BCUT2D eigenvalue weighted by Crippen LogP contribution is -1.96.